The lowest BCUT2D eigenvalue weighted by Gasteiger charge is -2.26. The molecule has 4 heteroatoms. The molecule has 2 aliphatic rings. The molecule has 104 valence electrons. The van der Waals surface area contributed by atoms with Crippen LogP contribution in [0.5, 0.6) is 0 Å². The van der Waals surface area contributed by atoms with E-state index in [0.717, 1.165) is 6.54 Å². The number of ether oxygens (including phenoxy) is 1. The second kappa shape index (κ2) is 5.47. The second-order valence-corrected chi connectivity index (χ2v) is 6.60. The molecule has 1 N–H and O–H groups in total. The van der Waals surface area contributed by atoms with Crippen LogP contribution in [0.15, 0.2) is 0 Å². The molecule has 1 saturated heterocycles. The molecule has 0 radical (unpaired) electrons. The number of alkyl carbamates (subject to hydrolysis) is 1. The van der Waals surface area contributed by atoms with E-state index in [0.29, 0.717) is 5.92 Å². The largest absolute Gasteiger partial charge is 0.444 e. The first-order valence-electron chi connectivity index (χ1n) is 7.16. The fourth-order valence-corrected chi connectivity index (χ4v) is 2.51. The van der Waals surface area contributed by atoms with Crippen molar-refractivity contribution in [3.8, 4) is 0 Å². The van der Waals surface area contributed by atoms with Crippen LogP contribution in [0, 0.1) is 5.92 Å². The van der Waals surface area contributed by atoms with Gasteiger partial charge in [-0.1, -0.05) is 0 Å². The molecule has 18 heavy (non-hydrogen) atoms. The predicted octanol–water partition coefficient (Wildman–Crippen LogP) is 2.39. The van der Waals surface area contributed by atoms with Gasteiger partial charge in [0.2, 0.25) is 0 Å². The van der Waals surface area contributed by atoms with Crippen LogP contribution in [0.4, 0.5) is 4.79 Å². The van der Waals surface area contributed by atoms with E-state index in [1.54, 1.807) is 0 Å². The number of carbonyl (C=O) groups is 1. The van der Waals surface area contributed by atoms with Crippen LogP contribution < -0.4 is 5.32 Å². The third-order valence-electron chi connectivity index (χ3n) is 3.55. The Morgan fingerprint density at radius 2 is 1.94 bits per heavy atom. The Morgan fingerprint density at radius 1 is 1.33 bits per heavy atom. The molecule has 1 atom stereocenters. The number of carbonyl (C=O) groups excluding carboxylic acids is 1. The highest BCUT2D eigenvalue weighted by Crippen LogP contribution is 2.33. The highest BCUT2D eigenvalue weighted by molar-refractivity contribution is 5.68. The van der Waals surface area contributed by atoms with Gasteiger partial charge in [0.25, 0.3) is 0 Å². The number of likely N-dealkylation sites (tertiary alicyclic amines) is 1. The zero-order chi connectivity index (χ0) is 13.2. The summed E-state index contributed by atoms with van der Waals surface area (Å²) in [5.41, 5.74) is -0.411. The summed E-state index contributed by atoms with van der Waals surface area (Å²) in [6.45, 7) is 9.06. The summed E-state index contributed by atoms with van der Waals surface area (Å²) in [6, 6.07) is 0.276. The molecule has 1 aliphatic heterocycles. The van der Waals surface area contributed by atoms with Crippen LogP contribution in [0.25, 0.3) is 0 Å². The van der Waals surface area contributed by atoms with E-state index in [2.05, 4.69) is 10.2 Å². The molecule has 0 aromatic rings. The van der Waals surface area contributed by atoms with Gasteiger partial charge in [-0.25, -0.2) is 4.79 Å². The summed E-state index contributed by atoms with van der Waals surface area (Å²) in [6.07, 6.45) is 4.81. The number of hydrogen-bond donors (Lipinski definition) is 1. The molecule has 0 aromatic heterocycles. The minimum absolute atomic E-state index is 0.265. The zero-order valence-electron chi connectivity index (χ0n) is 11.9. The van der Waals surface area contributed by atoms with E-state index >= 15 is 0 Å². The van der Waals surface area contributed by atoms with Crippen LogP contribution in [0.3, 0.4) is 0 Å². The van der Waals surface area contributed by atoms with Gasteiger partial charge < -0.3 is 15.0 Å². The second-order valence-electron chi connectivity index (χ2n) is 6.60. The van der Waals surface area contributed by atoms with Gasteiger partial charge in [-0.15, -0.1) is 0 Å². The topological polar surface area (TPSA) is 41.6 Å². The van der Waals surface area contributed by atoms with E-state index in [1.807, 2.05) is 20.8 Å². The molecular formula is C14H26N2O2. The van der Waals surface area contributed by atoms with Gasteiger partial charge in [0, 0.05) is 12.6 Å². The molecule has 0 unspecified atom stereocenters. The quantitative estimate of drug-likeness (QED) is 0.837. The summed E-state index contributed by atoms with van der Waals surface area (Å²) >= 11 is 0. The van der Waals surface area contributed by atoms with E-state index in [1.165, 1.54) is 38.8 Å². The fraction of sp³-hybridized carbons (Fsp3) is 0.929. The maximum absolute atomic E-state index is 11.8. The van der Waals surface area contributed by atoms with Crippen LogP contribution in [-0.2, 0) is 4.74 Å². The lowest BCUT2D eigenvalue weighted by molar-refractivity contribution is 0.0486. The number of hydrogen-bond acceptors (Lipinski definition) is 3. The first kappa shape index (κ1) is 13.7. The molecule has 1 amide bonds. The van der Waals surface area contributed by atoms with E-state index < -0.39 is 5.60 Å². The average molecular weight is 254 g/mol. The van der Waals surface area contributed by atoms with Crippen molar-refractivity contribution in [2.24, 2.45) is 5.92 Å². The van der Waals surface area contributed by atoms with Crippen molar-refractivity contribution in [3.05, 3.63) is 0 Å². The van der Waals surface area contributed by atoms with Gasteiger partial charge in [-0.2, -0.15) is 0 Å². The van der Waals surface area contributed by atoms with Gasteiger partial charge in [0.05, 0.1) is 0 Å². The Balaban J connectivity index is 1.80. The van der Waals surface area contributed by atoms with Crippen LogP contribution in [-0.4, -0.2) is 42.3 Å². The highest BCUT2D eigenvalue weighted by atomic mass is 16.6. The Morgan fingerprint density at radius 3 is 2.44 bits per heavy atom. The van der Waals surface area contributed by atoms with E-state index in [-0.39, 0.29) is 12.1 Å². The van der Waals surface area contributed by atoms with Crippen LogP contribution >= 0.6 is 0 Å². The van der Waals surface area contributed by atoms with Crippen LogP contribution in [0.1, 0.15) is 46.5 Å². The summed E-state index contributed by atoms with van der Waals surface area (Å²) in [7, 11) is 0. The first-order chi connectivity index (χ1) is 8.44. The first-order valence-corrected chi connectivity index (χ1v) is 7.16. The highest BCUT2D eigenvalue weighted by Gasteiger charge is 2.34. The summed E-state index contributed by atoms with van der Waals surface area (Å²) in [4.78, 5) is 14.3. The Kier molecular flexibility index (Phi) is 4.15. The monoisotopic (exact) mass is 254 g/mol. The van der Waals surface area contributed by atoms with Crippen molar-refractivity contribution >= 4 is 6.09 Å². The minimum atomic E-state index is -0.411. The Labute approximate surface area is 110 Å². The van der Waals surface area contributed by atoms with Crippen molar-refractivity contribution in [1.82, 2.24) is 10.2 Å². The minimum Gasteiger partial charge on any atom is -0.444 e. The Hall–Kier alpha value is -0.770. The lowest BCUT2D eigenvalue weighted by atomic mass is 10.1. The van der Waals surface area contributed by atoms with Gasteiger partial charge in [-0.3, -0.25) is 0 Å². The molecule has 1 aliphatic carbocycles. The molecule has 1 heterocycles. The van der Waals surface area contributed by atoms with Gasteiger partial charge in [0.15, 0.2) is 0 Å². The number of amides is 1. The number of nitrogens with one attached hydrogen (secondary N) is 1. The molecule has 0 aromatic carbocycles. The molecule has 1 saturated carbocycles. The molecular weight excluding hydrogens is 228 g/mol. The lowest BCUT2D eigenvalue weighted by Crippen LogP contribution is -2.46. The smallest absolute Gasteiger partial charge is 0.407 e. The summed E-state index contributed by atoms with van der Waals surface area (Å²) in [5, 5.41) is 3.06. The maximum atomic E-state index is 11.8. The van der Waals surface area contributed by atoms with Crippen molar-refractivity contribution < 1.29 is 9.53 Å². The van der Waals surface area contributed by atoms with Crippen molar-refractivity contribution in [2.75, 3.05) is 19.6 Å². The number of rotatable bonds is 4. The summed E-state index contributed by atoms with van der Waals surface area (Å²) < 4.78 is 5.34. The average Bonchev–Trinajstić information content (AvgIpc) is 2.95. The van der Waals surface area contributed by atoms with Gasteiger partial charge >= 0.3 is 6.09 Å². The maximum Gasteiger partial charge on any atom is 0.407 e. The number of nitrogens with zero attached hydrogens (tertiary/aromatic N) is 1. The van der Waals surface area contributed by atoms with E-state index in [9.17, 15) is 4.79 Å². The fourth-order valence-electron chi connectivity index (χ4n) is 2.51. The van der Waals surface area contributed by atoms with Crippen molar-refractivity contribution in [3.63, 3.8) is 0 Å². The molecule has 4 nitrogen and oxygen atoms in total. The Bertz CT molecular complexity index is 289. The third kappa shape index (κ3) is 4.48. The molecule has 2 rings (SSSR count). The van der Waals surface area contributed by atoms with Gasteiger partial charge in [-0.05, 0) is 65.5 Å². The van der Waals surface area contributed by atoms with E-state index in [4.69, 9.17) is 4.74 Å². The summed E-state index contributed by atoms with van der Waals surface area (Å²) in [5.74, 6) is 0.665. The predicted molar refractivity (Wildman–Crippen MR) is 71.6 cm³/mol. The standard InChI is InChI=1S/C14H26N2O2/c1-14(2,3)18-13(17)15-12(11-6-7-11)10-16-8-4-5-9-16/h11-12H,4-10H2,1-3H3,(H,15,17)/t12-/m1/s1. The normalized spacial score (nSPS) is 22.8. The zero-order valence-corrected chi connectivity index (χ0v) is 11.9. The SMILES string of the molecule is CC(C)(C)OC(=O)N[C@H](CN1CCCC1)C1CC1. The van der Waals surface area contributed by atoms with Crippen LogP contribution in [0.2, 0.25) is 0 Å². The third-order valence-corrected chi connectivity index (χ3v) is 3.55. The van der Waals surface area contributed by atoms with Gasteiger partial charge in [0.1, 0.15) is 5.60 Å². The molecule has 0 spiro atoms. The molecule has 0 bridgehead atoms. The van der Waals surface area contributed by atoms with Crippen molar-refractivity contribution in [1.29, 1.82) is 0 Å². The van der Waals surface area contributed by atoms with Crippen molar-refractivity contribution in [2.45, 2.75) is 58.1 Å². The molecule has 2 fully saturated rings.